The first-order valence-electron chi connectivity index (χ1n) is 7.48. The van der Waals surface area contributed by atoms with Crippen LogP contribution in [0.2, 0.25) is 5.02 Å². The van der Waals surface area contributed by atoms with Crippen molar-refractivity contribution in [2.75, 3.05) is 5.32 Å². The molecule has 3 aromatic rings. The Hall–Kier alpha value is -2.92. The zero-order chi connectivity index (χ0) is 16.5. The molecule has 0 spiro atoms. The third-order valence-corrected chi connectivity index (χ3v) is 4.08. The van der Waals surface area contributed by atoms with Gasteiger partial charge in [0.05, 0.1) is 16.3 Å². The van der Waals surface area contributed by atoms with Crippen molar-refractivity contribution >= 4 is 34.0 Å². The van der Waals surface area contributed by atoms with Gasteiger partial charge in [-0.15, -0.1) is 0 Å². The second-order valence-electron chi connectivity index (χ2n) is 5.42. The summed E-state index contributed by atoms with van der Waals surface area (Å²) in [4.78, 5) is 12.3. The molecule has 0 bridgehead atoms. The van der Waals surface area contributed by atoms with Gasteiger partial charge >= 0.3 is 5.63 Å². The van der Waals surface area contributed by atoms with E-state index in [0.717, 1.165) is 11.1 Å². The summed E-state index contributed by atoms with van der Waals surface area (Å²) in [5.74, 6) is 0. The monoisotopic (exact) mass is 339 g/mol. The fraction of sp³-hybridized carbons (Fsp3) is 0.0556. The SMILES string of the molecule is O=c1oc2c(Cl)cccc2cc1C1=CNC(Nc2ccccc2)N1. The quantitative estimate of drug-likeness (QED) is 0.639. The van der Waals surface area contributed by atoms with Crippen LogP contribution in [0.15, 0.2) is 70.0 Å². The summed E-state index contributed by atoms with van der Waals surface area (Å²) in [5.41, 5.74) is 2.05. The average Bonchev–Trinajstić information content (AvgIpc) is 3.04. The van der Waals surface area contributed by atoms with Crippen molar-refractivity contribution in [2.45, 2.75) is 6.29 Å². The van der Waals surface area contributed by atoms with Gasteiger partial charge < -0.3 is 20.4 Å². The van der Waals surface area contributed by atoms with E-state index in [0.29, 0.717) is 21.9 Å². The molecule has 0 saturated carbocycles. The maximum absolute atomic E-state index is 12.3. The molecular formula is C18H14ClN3O2. The lowest BCUT2D eigenvalue weighted by molar-refractivity contribution is 0.557. The summed E-state index contributed by atoms with van der Waals surface area (Å²) in [7, 11) is 0. The van der Waals surface area contributed by atoms with Crippen molar-refractivity contribution in [1.29, 1.82) is 0 Å². The molecule has 120 valence electrons. The predicted molar refractivity (Wildman–Crippen MR) is 95.6 cm³/mol. The van der Waals surface area contributed by atoms with Gasteiger partial charge in [0, 0.05) is 17.3 Å². The Labute approximate surface area is 142 Å². The normalized spacial score (nSPS) is 16.4. The molecule has 6 heteroatoms. The van der Waals surface area contributed by atoms with Gasteiger partial charge in [0.1, 0.15) is 0 Å². The third-order valence-electron chi connectivity index (χ3n) is 3.78. The highest BCUT2D eigenvalue weighted by atomic mass is 35.5. The molecule has 1 atom stereocenters. The molecule has 1 aromatic heterocycles. The molecule has 5 nitrogen and oxygen atoms in total. The van der Waals surface area contributed by atoms with Crippen LogP contribution in [0.4, 0.5) is 5.69 Å². The van der Waals surface area contributed by atoms with Gasteiger partial charge in [0.2, 0.25) is 0 Å². The standard InChI is InChI=1S/C18H14ClN3O2/c19-14-8-4-5-11-9-13(17(23)24-16(11)14)15-10-20-18(22-15)21-12-6-2-1-3-7-12/h1-10,18,20-22H. The van der Waals surface area contributed by atoms with Crippen LogP contribution >= 0.6 is 11.6 Å². The summed E-state index contributed by atoms with van der Waals surface area (Å²) in [6, 6.07) is 16.9. The van der Waals surface area contributed by atoms with E-state index in [2.05, 4.69) is 16.0 Å². The molecule has 1 unspecified atom stereocenters. The number of hydrogen-bond acceptors (Lipinski definition) is 5. The molecule has 2 heterocycles. The molecular weight excluding hydrogens is 326 g/mol. The van der Waals surface area contributed by atoms with E-state index in [9.17, 15) is 4.79 Å². The van der Waals surface area contributed by atoms with Gasteiger partial charge in [0.25, 0.3) is 0 Å². The Morgan fingerprint density at radius 3 is 2.75 bits per heavy atom. The van der Waals surface area contributed by atoms with E-state index < -0.39 is 5.63 Å². The number of nitrogens with one attached hydrogen (secondary N) is 3. The highest BCUT2D eigenvalue weighted by molar-refractivity contribution is 6.34. The Kier molecular flexibility index (Phi) is 3.63. The van der Waals surface area contributed by atoms with Gasteiger partial charge in [0.15, 0.2) is 11.9 Å². The van der Waals surface area contributed by atoms with Crippen molar-refractivity contribution in [3.63, 3.8) is 0 Å². The summed E-state index contributed by atoms with van der Waals surface area (Å²) < 4.78 is 5.37. The van der Waals surface area contributed by atoms with E-state index in [4.69, 9.17) is 16.0 Å². The van der Waals surface area contributed by atoms with Crippen LogP contribution in [0.3, 0.4) is 0 Å². The highest BCUT2D eigenvalue weighted by Crippen LogP contribution is 2.24. The lowest BCUT2D eigenvalue weighted by Gasteiger charge is -2.16. The highest BCUT2D eigenvalue weighted by Gasteiger charge is 2.19. The smallest absolute Gasteiger partial charge is 0.345 e. The number of anilines is 1. The van der Waals surface area contributed by atoms with Crippen LogP contribution in [0.5, 0.6) is 0 Å². The first kappa shape index (κ1) is 14.7. The van der Waals surface area contributed by atoms with E-state index >= 15 is 0 Å². The summed E-state index contributed by atoms with van der Waals surface area (Å²) in [5, 5.41) is 10.8. The molecule has 1 aliphatic heterocycles. The number of benzene rings is 2. The van der Waals surface area contributed by atoms with Crippen LogP contribution in [-0.4, -0.2) is 6.29 Å². The number of hydrogen-bond donors (Lipinski definition) is 3. The fourth-order valence-corrected chi connectivity index (χ4v) is 2.86. The topological polar surface area (TPSA) is 66.3 Å². The second-order valence-corrected chi connectivity index (χ2v) is 5.83. The van der Waals surface area contributed by atoms with Crippen molar-refractivity contribution < 1.29 is 4.42 Å². The lowest BCUT2D eigenvalue weighted by Crippen LogP contribution is -2.39. The third kappa shape index (κ3) is 2.70. The Morgan fingerprint density at radius 2 is 1.92 bits per heavy atom. The lowest BCUT2D eigenvalue weighted by atomic mass is 10.1. The molecule has 0 fully saturated rings. The van der Waals surface area contributed by atoms with Gasteiger partial charge in [-0.1, -0.05) is 41.9 Å². The van der Waals surface area contributed by atoms with Gasteiger partial charge in [-0.25, -0.2) is 4.79 Å². The predicted octanol–water partition coefficient (Wildman–Crippen LogP) is 3.33. The molecule has 0 saturated heterocycles. The summed E-state index contributed by atoms with van der Waals surface area (Å²) in [6.07, 6.45) is 1.54. The largest absolute Gasteiger partial charge is 0.421 e. The Bertz CT molecular complexity index is 982. The maximum Gasteiger partial charge on any atom is 0.345 e. The molecule has 24 heavy (non-hydrogen) atoms. The number of para-hydroxylation sites is 2. The molecule has 4 rings (SSSR count). The number of rotatable bonds is 3. The van der Waals surface area contributed by atoms with Crippen LogP contribution in [-0.2, 0) is 0 Å². The first-order valence-corrected chi connectivity index (χ1v) is 7.85. The zero-order valence-electron chi connectivity index (χ0n) is 12.5. The fourth-order valence-electron chi connectivity index (χ4n) is 2.64. The zero-order valence-corrected chi connectivity index (χ0v) is 13.3. The van der Waals surface area contributed by atoms with E-state index in [-0.39, 0.29) is 6.29 Å². The van der Waals surface area contributed by atoms with Crippen LogP contribution in [0, 0.1) is 0 Å². The van der Waals surface area contributed by atoms with Crippen LogP contribution in [0.1, 0.15) is 5.56 Å². The molecule has 2 aromatic carbocycles. The van der Waals surface area contributed by atoms with Gasteiger partial charge in [-0.2, -0.15) is 0 Å². The minimum Gasteiger partial charge on any atom is -0.421 e. The van der Waals surface area contributed by atoms with Crippen molar-refractivity contribution in [3.8, 4) is 0 Å². The maximum atomic E-state index is 12.3. The van der Waals surface area contributed by atoms with Crippen molar-refractivity contribution in [2.24, 2.45) is 0 Å². The molecule has 0 radical (unpaired) electrons. The minimum atomic E-state index is -0.434. The number of halogens is 1. The minimum absolute atomic E-state index is 0.211. The first-order chi connectivity index (χ1) is 11.7. The molecule has 0 amide bonds. The van der Waals surface area contributed by atoms with Crippen LogP contribution in [0.25, 0.3) is 16.7 Å². The number of fused-ring (bicyclic) bond motifs is 1. The Morgan fingerprint density at radius 1 is 1.08 bits per heavy atom. The van der Waals surface area contributed by atoms with Crippen molar-refractivity contribution in [3.05, 3.63) is 81.8 Å². The second kappa shape index (κ2) is 5.94. The summed E-state index contributed by atoms with van der Waals surface area (Å²) >= 11 is 6.07. The molecule has 0 aliphatic carbocycles. The van der Waals surface area contributed by atoms with Crippen LogP contribution < -0.4 is 21.6 Å². The van der Waals surface area contributed by atoms with Gasteiger partial charge in [-0.3, -0.25) is 0 Å². The van der Waals surface area contributed by atoms with E-state index in [1.165, 1.54) is 0 Å². The average molecular weight is 340 g/mol. The molecule has 3 N–H and O–H groups in total. The van der Waals surface area contributed by atoms with Gasteiger partial charge in [-0.05, 0) is 24.3 Å². The van der Waals surface area contributed by atoms with E-state index in [1.54, 1.807) is 18.3 Å². The summed E-state index contributed by atoms with van der Waals surface area (Å²) in [6.45, 7) is 0. The molecule has 1 aliphatic rings. The Balaban J connectivity index is 1.60. The van der Waals surface area contributed by atoms with E-state index in [1.807, 2.05) is 42.5 Å². The van der Waals surface area contributed by atoms with Crippen molar-refractivity contribution in [1.82, 2.24) is 10.6 Å².